The zero-order valence-electron chi connectivity index (χ0n) is 9.06. The Balaban J connectivity index is 2.61. The average molecular weight is 248 g/mol. The zero-order valence-corrected chi connectivity index (χ0v) is 9.06. The smallest absolute Gasteiger partial charge is 0.333 e. The summed E-state index contributed by atoms with van der Waals surface area (Å²) < 4.78 is 4.72. The molecule has 5 atom stereocenters. The fourth-order valence-corrected chi connectivity index (χ4v) is 1.54. The van der Waals surface area contributed by atoms with Crippen LogP contribution in [0.5, 0.6) is 0 Å². The maximum Gasteiger partial charge on any atom is 0.333 e. The zero-order chi connectivity index (χ0) is 13.2. The molecular formula is C10H16O7. The van der Waals surface area contributed by atoms with Crippen molar-refractivity contribution < 1.29 is 35.1 Å². The van der Waals surface area contributed by atoms with Crippen LogP contribution in [0.4, 0.5) is 0 Å². The molecule has 5 unspecified atom stereocenters. The quantitative estimate of drug-likeness (QED) is 0.264. The molecule has 1 rings (SSSR count). The summed E-state index contributed by atoms with van der Waals surface area (Å²) >= 11 is 0. The van der Waals surface area contributed by atoms with E-state index in [9.17, 15) is 20.1 Å². The van der Waals surface area contributed by atoms with E-state index < -0.39 is 43.1 Å². The Hall–Kier alpha value is -0.990. The molecule has 5 N–H and O–H groups in total. The van der Waals surface area contributed by atoms with E-state index >= 15 is 0 Å². The van der Waals surface area contributed by atoms with Gasteiger partial charge in [-0.1, -0.05) is 6.58 Å². The van der Waals surface area contributed by atoms with Crippen molar-refractivity contribution >= 4 is 5.97 Å². The average Bonchev–Trinajstić information content (AvgIpc) is 2.65. The van der Waals surface area contributed by atoms with Gasteiger partial charge in [-0.3, -0.25) is 0 Å². The number of esters is 1. The Morgan fingerprint density at radius 1 is 1.29 bits per heavy atom. The monoisotopic (exact) mass is 248 g/mol. The Labute approximate surface area is 97.6 Å². The summed E-state index contributed by atoms with van der Waals surface area (Å²) in [6, 6.07) is 0. The summed E-state index contributed by atoms with van der Waals surface area (Å²) in [6.07, 6.45) is -7.58. The number of hydrogen-bond acceptors (Lipinski definition) is 7. The third-order valence-corrected chi connectivity index (χ3v) is 2.66. The summed E-state index contributed by atoms with van der Waals surface area (Å²) in [5.74, 6) is -0.668. The molecule has 0 radical (unpaired) electrons. The lowest BCUT2D eigenvalue weighted by molar-refractivity contribution is -0.159. The standard InChI is InChI=1S/C10H16O7/c1-4-2-6(17-10(4)16)8(14)9(15)7(13)5(12)3-11/h5-9,11-15H,1-3H2. The van der Waals surface area contributed by atoms with E-state index in [0.29, 0.717) is 0 Å². The molecule has 1 aliphatic heterocycles. The van der Waals surface area contributed by atoms with Crippen molar-refractivity contribution in [1.29, 1.82) is 0 Å². The molecular weight excluding hydrogens is 232 g/mol. The molecule has 7 heteroatoms. The van der Waals surface area contributed by atoms with E-state index in [1.54, 1.807) is 0 Å². The Bertz CT molecular complexity index is 287. The highest BCUT2D eigenvalue weighted by Gasteiger charge is 2.40. The number of rotatable bonds is 5. The molecule has 1 heterocycles. The van der Waals surface area contributed by atoms with Gasteiger partial charge in [-0.15, -0.1) is 0 Å². The highest BCUT2D eigenvalue weighted by molar-refractivity contribution is 5.90. The number of carbonyl (C=O) groups is 1. The molecule has 0 amide bonds. The molecule has 0 spiro atoms. The maximum absolute atomic E-state index is 11.0. The van der Waals surface area contributed by atoms with Gasteiger partial charge in [-0.2, -0.15) is 0 Å². The summed E-state index contributed by atoms with van der Waals surface area (Å²) in [5, 5.41) is 46.2. The van der Waals surface area contributed by atoms with Gasteiger partial charge in [0.2, 0.25) is 0 Å². The summed E-state index contributed by atoms with van der Waals surface area (Å²) in [7, 11) is 0. The molecule has 0 aliphatic carbocycles. The molecule has 98 valence electrons. The molecule has 1 saturated heterocycles. The largest absolute Gasteiger partial charge is 0.456 e. The second-order valence-corrected chi connectivity index (χ2v) is 3.97. The first kappa shape index (κ1) is 14.1. The van der Waals surface area contributed by atoms with Gasteiger partial charge >= 0.3 is 5.97 Å². The van der Waals surface area contributed by atoms with Gasteiger partial charge in [0.15, 0.2) is 0 Å². The second-order valence-electron chi connectivity index (χ2n) is 3.97. The molecule has 0 aromatic carbocycles. The van der Waals surface area contributed by atoms with Gasteiger partial charge in [0.05, 0.1) is 6.61 Å². The fourth-order valence-electron chi connectivity index (χ4n) is 1.54. The summed E-state index contributed by atoms with van der Waals surface area (Å²) in [6.45, 7) is 2.64. The SMILES string of the molecule is C=C1CC(C(O)C(O)C(O)C(O)CO)OC1=O. The van der Waals surface area contributed by atoms with Crippen molar-refractivity contribution in [2.24, 2.45) is 0 Å². The Morgan fingerprint density at radius 3 is 2.29 bits per heavy atom. The molecule has 17 heavy (non-hydrogen) atoms. The fraction of sp³-hybridized carbons (Fsp3) is 0.700. The van der Waals surface area contributed by atoms with Crippen LogP contribution >= 0.6 is 0 Å². The molecule has 0 aromatic rings. The van der Waals surface area contributed by atoms with Crippen LogP contribution in [0.3, 0.4) is 0 Å². The number of hydrogen-bond donors (Lipinski definition) is 5. The lowest BCUT2D eigenvalue weighted by Crippen LogP contribution is -2.49. The summed E-state index contributed by atoms with van der Waals surface area (Å²) in [4.78, 5) is 11.0. The summed E-state index contributed by atoms with van der Waals surface area (Å²) in [5.41, 5.74) is 0.165. The third-order valence-electron chi connectivity index (χ3n) is 2.66. The van der Waals surface area contributed by atoms with Crippen molar-refractivity contribution in [2.45, 2.75) is 36.9 Å². The minimum atomic E-state index is -1.74. The molecule has 0 bridgehead atoms. The van der Waals surface area contributed by atoms with Gasteiger partial charge in [0.25, 0.3) is 0 Å². The minimum Gasteiger partial charge on any atom is -0.456 e. The van der Waals surface area contributed by atoms with E-state index in [0.717, 1.165) is 0 Å². The lowest BCUT2D eigenvalue weighted by atomic mass is 9.97. The number of cyclic esters (lactones) is 1. The number of aliphatic hydroxyl groups is 5. The first-order valence-corrected chi connectivity index (χ1v) is 5.10. The van der Waals surface area contributed by atoms with E-state index in [2.05, 4.69) is 6.58 Å². The van der Waals surface area contributed by atoms with Crippen molar-refractivity contribution in [2.75, 3.05) is 6.61 Å². The van der Waals surface area contributed by atoms with Gasteiger partial charge in [0.1, 0.15) is 30.5 Å². The van der Waals surface area contributed by atoms with Gasteiger partial charge < -0.3 is 30.3 Å². The molecule has 7 nitrogen and oxygen atoms in total. The van der Waals surface area contributed by atoms with E-state index in [1.807, 2.05) is 0 Å². The first-order valence-electron chi connectivity index (χ1n) is 5.10. The van der Waals surface area contributed by atoms with Crippen LogP contribution < -0.4 is 0 Å². The molecule has 1 fully saturated rings. The van der Waals surface area contributed by atoms with Crippen LogP contribution in [0.2, 0.25) is 0 Å². The van der Waals surface area contributed by atoms with Crippen molar-refractivity contribution in [3.05, 3.63) is 12.2 Å². The number of aliphatic hydroxyl groups excluding tert-OH is 5. The van der Waals surface area contributed by atoms with Crippen molar-refractivity contribution in [3.8, 4) is 0 Å². The third kappa shape index (κ3) is 3.02. The van der Waals surface area contributed by atoms with E-state index in [4.69, 9.17) is 14.9 Å². The number of carbonyl (C=O) groups excluding carboxylic acids is 1. The molecule has 0 saturated carbocycles. The van der Waals surface area contributed by atoms with Crippen LogP contribution in [-0.4, -0.2) is 68.6 Å². The van der Waals surface area contributed by atoms with Crippen LogP contribution in [-0.2, 0) is 9.53 Å². The number of ether oxygens (including phenoxy) is 1. The lowest BCUT2D eigenvalue weighted by Gasteiger charge is -2.28. The predicted molar refractivity (Wildman–Crippen MR) is 54.8 cm³/mol. The van der Waals surface area contributed by atoms with Crippen molar-refractivity contribution in [1.82, 2.24) is 0 Å². The highest BCUT2D eigenvalue weighted by atomic mass is 16.6. The topological polar surface area (TPSA) is 127 Å². The maximum atomic E-state index is 11.0. The molecule has 1 aliphatic rings. The van der Waals surface area contributed by atoms with Crippen LogP contribution in [0.15, 0.2) is 12.2 Å². The highest BCUT2D eigenvalue weighted by Crippen LogP contribution is 2.24. The van der Waals surface area contributed by atoms with Gasteiger partial charge in [-0.25, -0.2) is 4.79 Å². The van der Waals surface area contributed by atoms with Crippen LogP contribution in [0.25, 0.3) is 0 Å². The van der Waals surface area contributed by atoms with Crippen LogP contribution in [0, 0.1) is 0 Å². The Morgan fingerprint density at radius 2 is 1.88 bits per heavy atom. The predicted octanol–water partition coefficient (Wildman–Crippen LogP) is -2.71. The van der Waals surface area contributed by atoms with Crippen LogP contribution in [0.1, 0.15) is 6.42 Å². The molecule has 0 aromatic heterocycles. The Kier molecular flexibility index (Phi) is 4.61. The second kappa shape index (κ2) is 5.56. The van der Waals surface area contributed by atoms with E-state index in [1.165, 1.54) is 0 Å². The van der Waals surface area contributed by atoms with Crippen molar-refractivity contribution in [3.63, 3.8) is 0 Å². The minimum absolute atomic E-state index is 0.0407. The normalized spacial score (nSPS) is 27.5. The van der Waals surface area contributed by atoms with Gasteiger partial charge in [-0.05, 0) is 0 Å². The van der Waals surface area contributed by atoms with Gasteiger partial charge in [0, 0.05) is 12.0 Å². The first-order chi connectivity index (χ1) is 7.88. The van der Waals surface area contributed by atoms with E-state index in [-0.39, 0.29) is 12.0 Å².